The van der Waals surface area contributed by atoms with E-state index >= 15 is 0 Å². The molecule has 0 spiro atoms. The minimum Gasteiger partial charge on any atom is -0.463 e. The smallest absolute Gasteiger partial charge is 0.334 e. The molecule has 0 bridgehead atoms. The maximum Gasteiger partial charge on any atom is 0.334 e. The predicted octanol–water partition coefficient (Wildman–Crippen LogP) is 1.01. The van der Waals surface area contributed by atoms with E-state index in [0.717, 1.165) is 5.56 Å². The summed E-state index contributed by atoms with van der Waals surface area (Å²) in [4.78, 5) is 22.8. The van der Waals surface area contributed by atoms with Crippen molar-refractivity contribution in [3.8, 4) is 0 Å². The molecule has 0 saturated heterocycles. The van der Waals surface area contributed by atoms with E-state index in [-0.39, 0.29) is 19.0 Å². The van der Waals surface area contributed by atoms with E-state index in [1.807, 2.05) is 30.3 Å². The lowest BCUT2D eigenvalue weighted by molar-refractivity contribution is -0.138. The summed E-state index contributed by atoms with van der Waals surface area (Å²) >= 11 is 0. The highest BCUT2D eigenvalue weighted by Gasteiger charge is 2.08. The van der Waals surface area contributed by atoms with Gasteiger partial charge in [-0.05, 0) is 12.5 Å². The lowest BCUT2D eigenvalue weighted by atomic mass is 10.2. The maximum absolute atomic E-state index is 11.6. The van der Waals surface area contributed by atoms with Gasteiger partial charge in [0.05, 0.1) is 13.2 Å². The van der Waals surface area contributed by atoms with Crippen LogP contribution in [0.3, 0.4) is 0 Å². The molecule has 0 heterocycles. The number of amides is 1. The molecule has 0 saturated carbocycles. The van der Waals surface area contributed by atoms with E-state index < -0.39 is 5.97 Å². The Balaban J connectivity index is 2.17. The van der Waals surface area contributed by atoms with Crippen molar-refractivity contribution in [3.05, 3.63) is 48.0 Å². The number of carbonyl (C=O) groups excluding carboxylic acids is 2. The van der Waals surface area contributed by atoms with Crippen LogP contribution in [0.2, 0.25) is 0 Å². The molecule has 0 aliphatic rings. The molecule has 1 aromatic rings. The Bertz CT molecular complexity index is 457. The predicted molar refractivity (Wildman–Crippen MR) is 76.9 cm³/mol. The van der Waals surface area contributed by atoms with Crippen molar-refractivity contribution >= 4 is 11.9 Å². The Kier molecular flexibility index (Phi) is 7.06. The summed E-state index contributed by atoms with van der Waals surface area (Å²) in [5.74, 6) is -0.574. The second kappa shape index (κ2) is 8.87. The third-order valence-electron chi connectivity index (χ3n) is 2.52. The Labute approximate surface area is 119 Å². The molecule has 0 aliphatic heterocycles. The summed E-state index contributed by atoms with van der Waals surface area (Å²) in [5, 5.41) is 5.63. The number of carbonyl (C=O) groups is 2. The molecule has 5 nitrogen and oxygen atoms in total. The first-order valence-corrected chi connectivity index (χ1v) is 6.49. The number of benzene rings is 1. The number of ether oxygens (including phenoxy) is 1. The van der Waals surface area contributed by atoms with Gasteiger partial charge in [0.2, 0.25) is 5.91 Å². The Hall–Kier alpha value is -2.14. The topological polar surface area (TPSA) is 67.4 Å². The quantitative estimate of drug-likeness (QED) is 0.549. The number of hydrogen-bond donors (Lipinski definition) is 2. The van der Waals surface area contributed by atoms with Crippen molar-refractivity contribution in [2.24, 2.45) is 0 Å². The van der Waals surface area contributed by atoms with Crippen LogP contribution in [0.1, 0.15) is 12.5 Å². The molecule has 108 valence electrons. The summed E-state index contributed by atoms with van der Waals surface area (Å²) in [6, 6.07) is 9.65. The SMILES string of the molecule is C=C(CNCC(=O)NCc1ccccc1)C(=O)OCC. The molecule has 0 unspecified atom stereocenters. The van der Waals surface area contributed by atoms with Crippen molar-refractivity contribution < 1.29 is 14.3 Å². The van der Waals surface area contributed by atoms with Crippen molar-refractivity contribution in [2.45, 2.75) is 13.5 Å². The molecule has 1 aromatic carbocycles. The first kappa shape index (κ1) is 15.9. The van der Waals surface area contributed by atoms with Gasteiger partial charge in [0.25, 0.3) is 0 Å². The molecule has 1 amide bonds. The summed E-state index contributed by atoms with van der Waals surface area (Å²) in [5.41, 5.74) is 1.35. The van der Waals surface area contributed by atoms with E-state index in [4.69, 9.17) is 4.74 Å². The molecule has 5 heteroatoms. The Morgan fingerprint density at radius 3 is 2.55 bits per heavy atom. The van der Waals surface area contributed by atoms with Crippen molar-refractivity contribution in [1.82, 2.24) is 10.6 Å². The number of hydrogen-bond acceptors (Lipinski definition) is 4. The normalized spacial score (nSPS) is 9.85. The fourth-order valence-corrected chi connectivity index (χ4v) is 1.49. The number of esters is 1. The van der Waals surface area contributed by atoms with Crippen LogP contribution in [-0.2, 0) is 20.9 Å². The lowest BCUT2D eigenvalue weighted by Gasteiger charge is -2.08. The first-order valence-electron chi connectivity index (χ1n) is 6.49. The average molecular weight is 276 g/mol. The van der Waals surface area contributed by atoms with E-state index in [0.29, 0.717) is 18.7 Å². The highest BCUT2D eigenvalue weighted by atomic mass is 16.5. The van der Waals surface area contributed by atoms with Gasteiger partial charge in [0.15, 0.2) is 0 Å². The molecule has 1 rings (SSSR count). The molecular weight excluding hydrogens is 256 g/mol. The van der Waals surface area contributed by atoms with Gasteiger partial charge < -0.3 is 15.4 Å². The van der Waals surface area contributed by atoms with Crippen LogP contribution in [0.25, 0.3) is 0 Å². The Morgan fingerprint density at radius 2 is 1.90 bits per heavy atom. The molecule has 0 radical (unpaired) electrons. The van der Waals surface area contributed by atoms with E-state index in [9.17, 15) is 9.59 Å². The van der Waals surface area contributed by atoms with Gasteiger partial charge in [0.1, 0.15) is 0 Å². The fourth-order valence-electron chi connectivity index (χ4n) is 1.49. The zero-order valence-corrected chi connectivity index (χ0v) is 11.6. The molecule has 0 atom stereocenters. The van der Waals surface area contributed by atoms with Gasteiger partial charge in [0, 0.05) is 18.7 Å². The first-order chi connectivity index (χ1) is 9.63. The fraction of sp³-hybridized carbons (Fsp3) is 0.333. The van der Waals surface area contributed by atoms with Crippen LogP contribution >= 0.6 is 0 Å². The van der Waals surface area contributed by atoms with Gasteiger partial charge in [-0.15, -0.1) is 0 Å². The number of nitrogens with one attached hydrogen (secondary N) is 2. The van der Waals surface area contributed by atoms with Gasteiger partial charge in [-0.25, -0.2) is 4.79 Å². The second-order valence-electron chi connectivity index (χ2n) is 4.19. The van der Waals surface area contributed by atoms with Gasteiger partial charge in [-0.3, -0.25) is 4.79 Å². The maximum atomic E-state index is 11.6. The molecule has 0 aromatic heterocycles. The van der Waals surface area contributed by atoms with Crippen LogP contribution in [0, 0.1) is 0 Å². The van der Waals surface area contributed by atoms with Crippen LogP contribution in [0.15, 0.2) is 42.5 Å². The molecule has 0 fully saturated rings. The third-order valence-corrected chi connectivity index (χ3v) is 2.52. The Morgan fingerprint density at radius 1 is 1.20 bits per heavy atom. The minimum absolute atomic E-state index is 0.130. The van der Waals surface area contributed by atoms with Crippen molar-refractivity contribution in [3.63, 3.8) is 0 Å². The highest BCUT2D eigenvalue weighted by Crippen LogP contribution is 1.97. The largest absolute Gasteiger partial charge is 0.463 e. The van der Waals surface area contributed by atoms with Crippen molar-refractivity contribution in [1.29, 1.82) is 0 Å². The average Bonchev–Trinajstić information content (AvgIpc) is 2.46. The van der Waals surface area contributed by atoms with E-state index in [1.165, 1.54) is 0 Å². The van der Waals surface area contributed by atoms with Crippen LogP contribution in [0.5, 0.6) is 0 Å². The summed E-state index contributed by atoms with van der Waals surface area (Å²) in [7, 11) is 0. The van der Waals surface area contributed by atoms with Crippen LogP contribution in [0.4, 0.5) is 0 Å². The highest BCUT2D eigenvalue weighted by molar-refractivity contribution is 5.88. The number of rotatable bonds is 8. The molecule has 0 aliphatic carbocycles. The van der Waals surface area contributed by atoms with E-state index in [2.05, 4.69) is 17.2 Å². The minimum atomic E-state index is -0.440. The summed E-state index contributed by atoms with van der Waals surface area (Å²) in [6.07, 6.45) is 0. The zero-order valence-electron chi connectivity index (χ0n) is 11.6. The lowest BCUT2D eigenvalue weighted by Crippen LogP contribution is -2.35. The van der Waals surface area contributed by atoms with Gasteiger partial charge >= 0.3 is 5.97 Å². The standard InChI is InChI=1S/C15H20N2O3/c1-3-20-15(19)12(2)9-16-11-14(18)17-10-13-7-5-4-6-8-13/h4-8,16H,2-3,9-11H2,1H3,(H,17,18). The van der Waals surface area contributed by atoms with Gasteiger partial charge in [-0.2, -0.15) is 0 Å². The monoisotopic (exact) mass is 276 g/mol. The third kappa shape index (κ3) is 6.15. The molecule has 20 heavy (non-hydrogen) atoms. The van der Waals surface area contributed by atoms with Gasteiger partial charge in [-0.1, -0.05) is 36.9 Å². The van der Waals surface area contributed by atoms with E-state index in [1.54, 1.807) is 6.92 Å². The zero-order chi connectivity index (χ0) is 14.8. The molecule has 2 N–H and O–H groups in total. The summed E-state index contributed by atoms with van der Waals surface area (Å²) in [6.45, 7) is 6.49. The summed E-state index contributed by atoms with van der Waals surface area (Å²) < 4.78 is 4.79. The van der Waals surface area contributed by atoms with Crippen LogP contribution in [-0.4, -0.2) is 31.6 Å². The second-order valence-corrected chi connectivity index (χ2v) is 4.19. The van der Waals surface area contributed by atoms with Crippen LogP contribution < -0.4 is 10.6 Å². The molecular formula is C15H20N2O3. The van der Waals surface area contributed by atoms with Crippen molar-refractivity contribution in [2.75, 3.05) is 19.7 Å².